The predicted molar refractivity (Wildman–Crippen MR) is 139 cm³/mol. The Morgan fingerprint density at radius 2 is 1.80 bits per heavy atom. The maximum Gasteiger partial charge on any atom is 0.244 e. The molecule has 1 N–H and O–H groups in total. The lowest BCUT2D eigenvalue weighted by Crippen LogP contribution is -2.54. The topological polar surface area (TPSA) is 96.0 Å². The summed E-state index contributed by atoms with van der Waals surface area (Å²) in [6, 6.07) is 11.1. The van der Waals surface area contributed by atoms with Crippen LogP contribution in [0.15, 0.2) is 42.5 Å². The molecule has 2 rings (SSSR count). The van der Waals surface area contributed by atoms with Crippen LogP contribution in [-0.2, 0) is 26.2 Å². The maximum atomic E-state index is 13.6. The van der Waals surface area contributed by atoms with Crippen LogP contribution in [0.5, 0.6) is 5.75 Å². The molecule has 192 valence electrons. The van der Waals surface area contributed by atoms with Gasteiger partial charge in [-0.2, -0.15) is 0 Å². The Balaban J connectivity index is 2.47. The molecular formula is C25H34ClN3O5S. The van der Waals surface area contributed by atoms with Gasteiger partial charge in [0.2, 0.25) is 21.8 Å². The molecule has 0 radical (unpaired) electrons. The van der Waals surface area contributed by atoms with E-state index < -0.39 is 34.1 Å². The van der Waals surface area contributed by atoms with Crippen LogP contribution in [0, 0.1) is 6.92 Å². The van der Waals surface area contributed by atoms with Crippen molar-refractivity contribution in [1.29, 1.82) is 0 Å². The van der Waals surface area contributed by atoms with E-state index in [1.807, 2.05) is 26.8 Å². The van der Waals surface area contributed by atoms with Crippen molar-refractivity contribution in [2.24, 2.45) is 0 Å². The van der Waals surface area contributed by atoms with Crippen LogP contribution in [-0.4, -0.2) is 56.6 Å². The zero-order valence-electron chi connectivity index (χ0n) is 21.3. The van der Waals surface area contributed by atoms with E-state index in [0.29, 0.717) is 22.0 Å². The van der Waals surface area contributed by atoms with Crippen LogP contribution in [0.2, 0.25) is 5.02 Å². The Morgan fingerprint density at radius 3 is 2.37 bits per heavy atom. The van der Waals surface area contributed by atoms with Crippen LogP contribution in [0.1, 0.15) is 38.8 Å². The molecule has 0 aromatic heterocycles. The average molecular weight is 524 g/mol. The number of methoxy groups -OCH3 is 1. The molecule has 0 heterocycles. The van der Waals surface area contributed by atoms with Gasteiger partial charge in [-0.25, -0.2) is 8.42 Å². The fourth-order valence-electron chi connectivity index (χ4n) is 3.47. The molecule has 0 bridgehead atoms. The first-order chi connectivity index (χ1) is 16.1. The maximum absolute atomic E-state index is 13.6. The highest BCUT2D eigenvalue weighted by atomic mass is 35.5. The van der Waals surface area contributed by atoms with E-state index in [2.05, 4.69) is 5.32 Å². The Morgan fingerprint density at radius 1 is 1.14 bits per heavy atom. The van der Waals surface area contributed by atoms with Crippen molar-refractivity contribution in [3.05, 3.63) is 58.6 Å². The average Bonchev–Trinajstić information content (AvgIpc) is 2.75. The minimum Gasteiger partial charge on any atom is -0.497 e. The number of ether oxygens (including phenoxy) is 1. The van der Waals surface area contributed by atoms with Crippen molar-refractivity contribution < 1.29 is 22.7 Å². The number of nitrogens with one attached hydrogen (secondary N) is 1. The third-order valence-electron chi connectivity index (χ3n) is 5.27. The smallest absolute Gasteiger partial charge is 0.244 e. The van der Waals surface area contributed by atoms with Gasteiger partial charge in [-0.15, -0.1) is 0 Å². The molecule has 10 heteroatoms. The highest BCUT2D eigenvalue weighted by molar-refractivity contribution is 7.92. The number of sulfonamides is 1. The van der Waals surface area contributed by atoms with E-state index in [-0.39, 0.29) is 12.5 Å². The van der Waals surface area contributed by atoms with Gasteiger partial charge in [0.25, 0.3) is 0 Å². The van der Waals surface area contributed by atoms with Gasteiger partial charge in [-0.3, -0.25) is 13.9 Å². The van der Waals surface area contributed by atoms with Gasteiger partial charge in [-0.05, 0) is 70.0 Å². The van der Waals surface area contributed by atoms with Crippen molar-refractivity contribution >= 4 is 39.1 Å². The first-order valence-corrected chi connectivity index (χ1v) is 13.3. The molecule has 0 spiro atoms. The first kappa shape index (κ1) is 28.5. The molecule has 35 heavy (non-hydrogen) atoms. The molecule has 1 unspecified atom stereocenters. The lowest BCUT2D eigenvalue weighted by Gasteiger charge is -2.33. The normalized spacial score (nSPS) is 12.6. The summed E-state index contributed by atoms with van der Waals surface area (Å²) >= 11 is 6.12. The van der Waals surface area contributed by atoms with Gasteiger partial charge in [0.05, 0.1) is 19.1 Å². The highest BCUT2D eigenvalue weighted by Gasteiger charge is 2.31. The van der Waals surface area contributed by atoms with Crippen molar-refractivity contribution in [3.8, 4) is 5.75 Å². The number of halogens is 1. The Labute approximate surface area is 213 Å². The van der Waals surface area contributed by atoms with E-state index in [0.717, 1.165) is 16.1 Å². The standard InChI is InChI=1S/C25H34ClN3O5S/c1-17-11-12-20(26)14-22(17)29(35(7,32)33)16-23(30)28(18(2)24(31)27-25(3,4)5)15-19-9-8-10-21(13-19)34-6/h8-14,18H,15-16H2,1-7H3,(H,27,31). The Bertz CT molecular complexity index is 1180. The lowest BCUT2D eigenvalue weighted by molar-refractivity contribution is -0.140. The largest absolute Gasteiger partial charge is 0.497 e. The zero-order chi connectivity index (χ0) is 26.6. The number of carbonyl (C=O) groups excluding carboxylic acids is 2. The van der Waals surface area contributed by atoms with Crippen LogP contribution >= 0.6 is 11.6 Å². The third kappa shape index (κ3) is 8.14. The number of nitrogens with zero attached hydrogens (tertiary/aromatic N) is 2. The quantitative estimate of drug-likeness (QED) is 0.540. The second-order valence-corrected chi connectivity index (χ2v) is 11.8. The predicted octanol–water partition coefficient (Wildman–Crippen LogP) is 3.76. The van der Waals surface area contributed by atoms with E-state index in [1.165, 1.54) is 11.0 Å². The number of hydrogen-bond acceptors (Lipinski definition) is 5. The number of carbonyl (C=O) groups is 2. The summed E-state index contributed by atoms with van der Waals surface area (Å²) in [5, 5.41) is 3.23. The molecule has 0 saturated heterocycles. The van der Waals surface area contributed by atoms with Gasteiger partial charge in [0.15, 0.2) is 0 Å². The van der Waals surface area contributed by atoms with E-state index in [9.17, 15) is 18.0 Å². The molecule has 0 fully saturated rings. The molecule has 2 aromatic rings. The van der Waals surface area contributed by atoms with Crippen molar-refractivity contribution in [2.75, 3.05) is 24.2 Å². The molecule has 1 atom stereocenters. The van der Waals surface area contributed by atoms with Crippen molar-refractivity contribution in [3.63, 3.8) is 0 Å². The van der Waals surface area contributed by atoms with Crippen LogP contribution < -0.4 is 14.4 Å². The molecule has 0 aliphatic carbocycles. The monoisotopic (exact) mass is 523 g/mol. The summed E-state index contributed by atoms with van der Waals surface area (Å²) in [5.41, 5.74) is 1.18. The van der Waals surface area contributed by atoms with Crippen LogP contribution in [0.3, 0.4) is 0 Å². The minimum absolute atomic E-state index is 0.0842. The van der Waals surface area contributed by atoms with Crippen LogP contribution in [0.25, 0.3) is 0 Å². The molecular weight excluding hydrogens is 490 g/mol. The summed E-state index contributed by atoms with van der Waals surface area (Å²) in [4.78, 5) is 28.0. The van der Waals surface area contributed by atoms with Gasteiger partial charge in [0.1, 0.15) is 18.3 Å². The van der Waals surface area contributed by atoms with Gasteiger partial charge in [0, 0.05) is 17.1 Å². The fourth-order valence-corrected chi connectivity index (χ4v) is 4.54. The number of benzene rings is 2. The zero-order valence-corrected chi connectivity index (χ0v) is 22.8. The molecule has 8 nitrogen and oxygen atoms in total. The second kappa shape index (κ2) is 11.3. The summed E-state index contributed by atoms with van der Waals surface area (Å²) in [5.74, 6) is -0.276. The molecule has 0 aliphatic heterocycles. The number of hydrogen-bond donors (Lipinski definition) is 1. The summed E-state index contributed by atoms with van der Waals surface area (Å²) in [6.07, 6.45) is 1.03. The summed E-state index contributed by atoms with van der Waals surface area (Å²) in [6.45, 7) is 8.49. The summed E-state index contributed by atoms with van der Waals surface area (Å²) in [7, 11) is -2.30. The second-order valence-electron chi connectivity index (χ2n) is 9.49. The molecule has 0 saturated carbocycles. The van der Waals surface area contributed by atoms with Gasteiger partial charge in [-0.1, -0.05) is 29.8 Å². The number of anilines is 1. The van der Waals surface area contributed by atoms with E-state index >= 15 is 0 Å². The highest BCUT2D eigenvalue weighted by Crippen LogP contribution is 2.27. The van der Waals surface area contributed by atoms with E-state index in [1.54, 1.807) is 51.3 Å². The number of amides is 2. The van der Waals surface area contributed by atoms with Gasteiger partial charge < -0.3 is 15.0 Å². The fraction of sp³-hybridized carbons (Fsp3) is 0.440. The van der Waals surface area contributed by atoms with E-state index in [4.69, 9.17) is 16.3 Å². The van der Waals surface area contributed by atoms with Gasteiger partial charge >= 0.3 is 0 Å². The lowest BCUT2D eigenvalue weighted by atomic mass is 10.1. The number of aryl methyl sites for hydroxylation is 1. The minimum atomic E-state index is -3.84. The Hall–Kier alpha value is -2.78. The van der Waals surface area contributed by atoms with Crippen molar-refractivity contribution in [2.45, 2.75) is 52.7 Å². The van der Waals surface area contributed by atoms with Crippen LogP contribution in [0.4, 0.5) is 5.69 Å². The summed E-state index contributed by atoms with van der Waals surface area (Å²) < 4.78 is 31.7. The Kier molecular flexibility index (Phi) is 9.19. The third-order valence-corrected chi connectivity index (χ3v) is 6.63. The number of rotatable bonds is 9. The first-order valence-electron chi connectivity index (χ1n) is 11.1. The molecule has 2 amide bonds. The molecule has 0 aliphatic rings. The molecule has 2 aromatic carbocycles. The van der Waals surface area contributed by atoms with Crippen molar-refractivity contribution in [1.82, 2.24) is 10.2 Å². The SMILES string of the molecule is COc1cccc(CN(C(=O)CN(c2cc(Cl)ccc2C)S(C)(=O)=O)C(C)C(=O)NC(C)(C)C)c1.